The topological polar surface area (TPSA) is 73.1 Å². The molecule has 4 heteroatoms. The molecule has 4 nitrogen and oxygen atoms in total. The summed E-state index contributed by atoms with van der Waals surface area (Å²) < 4.78 is 0. The molecule has 1 saturated carbocycles. The Bertz CT molecular complexity index is 497. The van der Waals surface area contributed by atoms with E-state index in [0.29, 0.717) is 18.4 Å². The van der Waals surface area contributed by atoms with Crippen molar-refractivity contribution in [3.63, 3.8) is 0 Å². The van der Waals surface area contributed by atoms with E-state index in [4.69, 9.17) is 0 Å². The molecule has 0 saturated heterocycles. The number of amides is 1. The highest BCUT2D eigenvalue weighted by atomic mass is 16.3. The molecular formula is C15H18N2O2. The zero-order chi connectivity index (χ0) is 13.7. The standard InChI is InChI=1S/C15H18N2O2/c16-11-15(8-3-1-2-4-9-15)17-14(19)12-6-5-7-13(18)10-12/h5-7,10,18H,1-4,8-9H2,(H,17,19). The Labute approximate surface area is 113 Å². The van der Waals surface area contributed by atoms with Crippen LogP contribution in [0.15, 0.2) is 24.3 Å². The summed E-state index contributed by atoms with van der Waals surface area (Å²) in [5, 5.41) is 21.6. The Morgan fingerprint density at radius 1 is 1.26 bits per heavy atom. The SMILES string of the molecule is N#CC1(NC(=O)c2cccc(O)c2)CCCCCC1. The van der Waals surface area contributed by atoms with Crippen LogP contribution < -0.4 is 5.32 Å². The Morgan fingerprint density at radius 2 is 1.95 bits per heavy atom. The number of aromatic hydroxyl groups is 1. The van der Waals surface area contributed by atoms with Crippen molar-refractivity contribution in [1.82, 2.24) is 5.32 Å². The molecule has 0 atom stereocenters. The fourth-order valence-corrected chi connectivity index (χ4v) is 2.53. The number of phenols is 1. The lowest BCUT2D eigenvalue weighted by molar-refractivity contribution is 0.0912. The van der Waals surface area contributed by atoms with Crippen molar-refractivity contribution in [2.45, 2.75) is 44.1 Å². The average Bonchev–Trinajstić information content (AvgIpc) is 2.65. The van der Waals surface area contributed by atoms with E-state index in [1.54, 1.807) is 12.1 Å². The third-order valence-corrected chi connectivity index (χ3v) is 3.63. The number of hydrogen-bond acceptors (Lipinski definition) is 3. The summed E-state index contributed by atoms with van der Waals surface area (Å²) in [6.45, 7) is 0. The van der Waals surface area contributed by atoms with Crippen molar-refractivity contribution in [1.29, 1.82) is 5.26 Å². The number of nitrogens with zero attached hydrogens (tertiary/aromatic N) is 1. The van der Waals surface area contributed by atoms with Gasteiger partial charge < -0.3 is 10.4 Å². The Balaban J connectivity index is 2.14. The lowest BCUT2D eigenvalue weighted by atomic mass is 9.91. The van der Waals surface area contributed by atoms with Gasteiger partial charge in [0.05, 0.1) is 6.07 Å². The van der Waals surface area contributed by atoms with E-state index in [0.717, 1.165) is 25.7 Å². The van der Waals surface area contributed by atoms with Gasteiger partial charge in [-0.1, -0.05) is 31.7 Å². The third-order valence-electron chi connectivity index (χ3n) is 3.63. The highest BCUT2D eigenvalue weighted by Gasteiger charge is 2.32. The molecule has 1 aromatic carbocycles. The quantitative estimate of drug-likeness (QED) is 0.801. The van der Waals surface area contributed by atoms with Crippen LogP contribution in [0.2, 0.25) is 0 Å². The molecule has 1 fully saturated rings. The molecule has 0 heterocycles. The van der Waals surface area contributed by atoms with Crippen LogP contribution >= 0.6 is 0 Å². The van der Waals surface area contributed by atoms with Crippen LogP contribution in [-0.2, 0) is 0 Å². The Hall–Kier alpha value is -2.02. The molecule has 1 amide bonds. The van der Waals surface area contributed by atoms with Crippen LogP contribution in [0.5, 0.6) is 5.75 Å². The maximum atomic E-state index is 12.2. The van der Waals surface area contributed by atoms with Crippen molar-refractivity contribution in [3.05, 3.63) is 29.8 Å². The molecule has 0 aliphatic heterocycles. The lowest BCUT2D eigenvalue weighted by Crippen LogP contribution is -2.47. The van der Waals surface area contributed by atoms with Crippen molar-refractivity contribution in [2.24, 2.45) is 0 Å². The van der Waals surface area contributed by atoms with Gasteiger partial charge in [-0.15, -0.1) is 0 Å². The molecule has 0 bridgehead atoms. The molecule has 1 aromatic rings. The van der Waals surface area contributed by atoms with Crippen LogP contribution in [-0.4, -0.2) is 16.6 Å². The largest absolute Gasteiger partial charge is 0.508 e. The van der Waals surface area contributed by atoms with Gasteiger partial charge in [-0.3, -0.25) is 4.79 Å². The maximum Gasteiger partial charge on any atom is 0.252 e. The molecule has 0 spiro atoms. The van der Waals surface area contributed by atoms with E-state index in [1.165, 1.54) is 12.1 Å². The molecule has 0 aromatic heterocycles. The number of phenolic OH excluding ortho intramolecular Hbond substituents is 1. The smallest absolute Gasteiger partial charge is 0.252 e. The van der Waals surface area contributed by atoms with Gasteiger partial charge in [0, 0.05) is 5.56 Å². The Morgan fingerprint density at radius 3 is 2.53 bits per heavy atom. The number of nitriles is 1. The van der Waals surface area contributed by atoms with Crippen LogP contribution in [0.25, 0.3) is 0 Å². The summed E-state index contributed by atoms with van der Waals surface area (Å²) in [6, 6.07) is 8.47. The zero-order valence-corrected chi connectivity index (χ0v) is 10.9. The zero-order valence-electron chi connectivity index (χ0n) is 10.9. The summed E-state index contributed by atoms with van der Waals surface area (Å²) >= 11 is 0. The van der Waals surface area contributed by atoms with Gasteiger partial charge >= 0.3 is 0 Å². The third kappa shape index (κ3) is 3.25. The first-order valence-corrected chi connectivity index (χ1v) is 6.68. The summed E-state index contributed by atoms with van der Waals surface area (Å²) in [4.78, 5) is 12.2. The summed E-state index contributed by atoms with van der Waals surface area (Å²) in [5.74, 6) is -0.237. The second kappa shape index (κ2) is 5.75. The highest BCUT2D eigenvalue weighted by molar-refractivity contribution is 5.95. The first-order valence-electron chi connectivity index (χ1n) is 6.68. The van der Waals surface area contributed by atoms with Gasteiger partial charge in [0.15, 0.2) is 0 Å². The van der Waals surface area contributed by atoms with Crippen molar-refractivity contribution >= 4 is 5.91 Å². The van der Waals surface area contributed by atoms with E-state index in [2.05, 4.69) is 11.4 Å². The molecule has 2 N–H and O–H groups in total. The lowest BCUT2D eigenvalue weighted by Gasteiger charge is -2.26. The first-order chi connectivity index (χ1) is 9.15. The van der Waals surface area contributed by atoms with Crippen LogP contribution in [0.3, 0.4) is 0 Å². The molecular weight excluding hydrogens is 240 g/mol. The van der Waals surface area contributed by atoms with Crippen molar-refractivity contribution in [3.8, 4) is 11.8 Å². The van der Waals surface area contributed by atoms with Gasteiger partial charge in [0.25, 0.3) is 5.91 Å². The highest BCUT2D eigenvalue weighted by Crippen LogP contribution is 2.27. The summed E-state index contributed by atoms with van der Waals surface area (Å²) in [5.41, 5.74) is -0.363. The molecule has 1 aliphatic carbocycles. The van der Waals surface area contributed by atoms with Gasteiger partial charge in [0.2, 0.25) is 0 Å². The molecule has 0 unspecified atom stereocenters. The molecule has 100 valence electrons. The minimum Gasteiger partial charge on any atom is -0.508 e. The van der Waals surface area contributed by atoms with Crippen molar-refractivity contribution < 1.29 is 9.90 Å². The summed E-state index contributed by atoms with van der Waals surface area (Å²) in [6.07, 6.45) is 5.57. The molecule has 2 rings (SSSR count). The second-order valence-electron chi connectivity index (χ2n) is 5.11. The van der Waals surface area contributed by atoms with Gasteiger partial charge in [-0.25, -0.2) is 0 Å². The first kappa shape index (κ1) is 13.4. The number of benzene rings is 1. The monoisotopic (exact) mass is 258 g/mol. The number of carbonyl (C=O) groups excluding carboxylic acids is 1. The van der Waals surface area contributed by atoms with Gasteiger partial charge in [-0.2, -0.15) is 5.26 Å². The summed E-state index contributed by atoms with van der Waals surface area (Å²) in [7, 11) is 0. The fraction of sp³-hybridized carbons (Fsp3) is 0.467. The molecule has 0 radical (unpaired) electrons. The Kier molecular flexibility index (Phi) is 4.06. The van der Waals surface area contributed by atoms with Gasteiger partial charge in [-0.05, 0) is 31.0 Å². The van der Waals surface area contributed by atoms with Crippen LogP contribution in [0, 0.1) is 11.3 Å². The predicted molar refractivity (Wildman–Crippen MR) is 71.6 cm³/mol. The maximum absolute atomic E-state index is 12.2. The average molecular weight is 258 g/mol. The minimum atomic E-state index is -0.751. The van der Waals surface area contributed by atoms with Gasteiger partial charge in [0.1, 0.15) is 11.3 Å². The second-order valence-corrected chi connectivity index (χ2v) is 5.11. The fourth-order valence-electron chi connectivity index (χ4n) is 2.53. The van der Waals surface area contributed by atoms with E-state index in [-0.39, 0.29) is 11.7 Å². The van der Waals surface area contributed by atoms with E-state index in [9.17, 15) is 15.2 Å². The minimum absolute atomic E-state index is 0.0551. The van der Waals surface area contributed by atoms with Crippen molar-refractivity contribution in [2.75, 3.05) is 0 Å². The number of hydrogen-bond donors (Lipinski definition) is 2. The molecule has 19 heavy (non-hydrogen) atoms. The number of nitrogens with one attached hydrogen (secondary N) is 1. The molecule has 1 aliphatic rings. The number of rotatable bonds is 2. The number of carbonyl (C=O) groups is 1. The van der Waals surface area contributed by atoms with E-state index < -0.39 is 5.54 Å². The van der Waals surface area contributed by atoms with Crippen LogP contribution in [0.1, 0.15) is 48.9 Å². The van der Waals surface area contributed by atoms with E-state index >= 15 is 0 Å². The van der Waals surface area contributed by atoms with E-state index in [1.807, 2.05) is 0 Å². The normalized spacial score (nSPS) is 18.1. The predicted octanol–water partition coefficient (Wildman–Crippen LogP) is 2.74. The van der Waals surface area contributed by atoms with Crippen LogP contribution in [0.4, 0.5) is 0 Å².